The standard InChI is InChI=1S/C24H25FN8O3/c1-13-18(14-4-3-7-26-11-14)21-27-8-9-33(21)22(28-13)29-17-10-15(31-32-17)20-19(25)16(12-35-20)36-23(34)30-24(2)5-6-24/h3-4,7-11,16,19-20H,5-6,12H2,1-2H3,(H,30,34)(H2,28,29,31,32)/t16-,19+,20-/m0/s1. The van der Waals surface area contributed by atoms with Crippen LogP contribution in [-0.2, 0) is 9.47 Å². The lowest BCUT2D eigenvalue weighted by Gasteiger charge is -2.17. The average molecular weight is 493 g/mol. The van der Waals surface area contributed by atoms with E-state index < -0.39 is 24.5 Å². The summed E-state index contributed by atoms with van der Waals surface area (Å²) < 4.78 is 27.8. The van der Waals surface area contributed by atoms with Gasteiger partial charge in [-0.1, -0.05) is 6.07 Å². The van der Waals surface area contributed by atoms with Crippen LogP contribution in [0.25, 0.3) is 16.8 Å². The van der Waals surface area contributed by atoms with E-state index in [9.17, 15) is 4.79 Å². The maximum atomic E-state index is 15.1. The number of imidazole rings is 1. The van der Waals surface area contributed by atoms with Crippen molar-refractivity contribution < 1.29 is 18.7 Å². The normalized spacial score (nSPS) is 22.5. The zero-order valence-corrected chi connectivity index (χ0v) is 19.7. The molecule has 0 spiro atoms. The van der Waals surface area contributed by atoms with Crippen LogP contribution >= 0.6 is 0 Å². The van der Waals surface area contributed by atoms with E-state index in [0.717, 1.165) is 35.3 Å². The molecule has 0 unspecified atom stereocenters. The van der Waals surface area contributed by atoms with Gasteiger partial charge in [0.05, 0.1) is 18.0 Å². The van der Waals surface area contributed by atoms with Crippen LogP contribution < -0.4 is 10.6 Å². The Morgan fingerprint density at radius 3 is 3.00 bits per heavy atom. The van der Waals surface area contributed by atoms with Crippen molar-refractivity contribution in [1.82, 2.24) is 34.9 Å². The molecular weight excluding hydrogens is 467 g/mol. The Bertz CT molecular complexity index is 1420. The molecule has 4 aromatic rings. The predicted molar refractivity (Wildman–Crippen MR) is 127 cm³/mol. The first-order valence-electron chi connectivity index (χ1n) is 11.7. The van der Waals surface area contributed by atoms with Gasteiger partial charge in [-0.2, -0.15) is 5.10 Å². The number of rotatable bonds is 6. The number of hydrogen-bond acceptors (Lipinski definition) is 8. The molecule has 11 nitrogen and oxygen atoms in total. The number of pyridine rings is 1. The number of aromatic amines is 1. The number of alkyl carbamates (subject to hydrolysis) is 1. The highest BCUT2D eigenvalue weighted by atomic mass is 19.1. The van der Waals surface area contributed by atoms with Gasteiger partial charge < -0.3 is 20.1 Å². The zero-order valence-electron chi connectivity index (χ0n) is 19.7. The lowest BCUT2D eigenvalue weighted by atomic mass is 10.1. The first-order valence-corrected chi connectivity index (χ1v) is 11.7. The number of H-pyrrole nitrogens is 1. The van der Waals surface area contributed by atoms with E-state index in [-0.39, 0.29) is 12.1 Å². The molecule has 3 N–H and O–H groups in total. The van der Waals surface area contributed by atoms with Crippen LogP contribution in [0.3, 0.4) is 0 Å². The molecule has 3 atom stereocenters. The Hall–Kier alpha value is -4.06. The van der Waals surface area contributed by atoms with E-state index in [2.05, 4.69) is 30.8 Å². The fraction of sp³-hybridized carbons (Fsp3) is 0.375. The van der Waals surface area contributed by atoms with Crippen molar-refractivity contribution in [2.24, 2.45) is 0 Å². The number of alkyl halides is 1. The number of ether oxygens (including phenoxy) is 2. The van der Waals surface area contributed by atoms with E-state index in [4.69, 9.17) is 14.5 Å². The minimum atomic E-state index is -1.53. The largest absolute Gasteiger partial charge is 0.441 e. The van der Waals surface area contributed by atoms with Crippen LogP contribution in [0, 0.1) is 6.92 Å². The molecule has 1 aliphatic carbocycles. The van der Waals surface area contributed by atoms with Crippen LogP contribution in [0.1, 0.15) is 37.3 Å². The van der Waals surface area contributed by atoms with E-state index in [1.807, 2.05) is 30.4 Å². The Labute approximate surface area is 205 Å². The van der Waals surface area contributed by atoms with Crippen LogP contribution in [0.15, 0.2) is 43.0 Å². The van der Waals surface area contributed by atoms with E-state index in [1.165, 1.54) is 0 Å². The van der Waals surface area contributed by atoms with Crippen molar-refractivity contribution in [3.8, 4) is 11.1 Å². The summed E-state index contributed by atoms with van der Waals surface area (Å²) in [6.07, 6.45) is 4.67. The van der Waals surface area contributed by atoms with Gasteiger partial charge in [0.25, 0.3) is 0 Å². The maximum Gasteiger partial charge on any atom is 0.408 e. The number of carbonyl (C=O) groups excluding carboxylic acids is 1. The number of fused-ring (bicyclic) bond motifs is 1. The van der Waals surface area contributed by atoms with Gasteiger partial charge in [-0.05, 0) is 32.8 Å². The van der Waals surface area contributed by atoms with E-state index >= 15 is 4.39 Å². The Balaban J connectivity index is 1.18. The van der Waals surface area contributed by atoms with Gasteiger partial charge in [0.15, 0.2) is 18.1 Å². The summed E-state index contributed by atoms with van der Waals surface area (Å²) in [5.74, 6) is 0.932. The molecule has 1 saturated carbocycles. The van der Waals surface area contributed by atoms with Gasteiger partial charge in [-0.15, -0.1) is 0 Å². The molecule has 36 heavy (non-hydrogen) atoms. The number of amides is 1. The summed E-state index contributed by atoms with van der Waals surface area (Å²) >= 11 is 0. The van der Waals surface area contributed by atoms with Crippen LogP contribution in [0.4, 0.5) is 21.0 Å². The van der Waals surface area contributed by atoms with Crippen LogP contribution in [0.2, 0.25) is 0 Å². The number of hydrogen-bond donors (Lipinski definition) is 3. The highest BCUT2D eigenvalue weighted by Crippen LogP contribution is 2.36. The molecule has 1 amide bonds. The Kier molecular flexibility index (Phi) is 5.32. The zero-order chi connectivity index (χ0) is 24.9. The maximum absolute atomic E-state index is 15.1. The lowest BCUT2D eigenvalue weighted by molar-refractivity contribution is 0.0604. The molecule has 0 radical (unpaired) electrons. The van der Waals surface area contributed by atoms with Gasteiger partial charge in [-0.25, -0.2) is 19.2 Å². The van der Waals surface area contributed by atoms with Crippen molar-refractivity contribution in [2.75, 3.05) is 11.9 Å². The molecule has 4 aromatic heterocycles. The molecule has 2 fully saturated rings. The first kappa shape index (κ1) is 22.4. The smallest absolute Gasteiger partial charge is 0.408 e. The van der Waals surface area contributed by atoms with E-state index in [0.29, 0.717) is 17.5 Å². The van der Waals surface area contributed by atoms with Crippen molar-refractivity contribution in [3.05, 3.63) is 54.4 Å². The summed E-state index contributed by atoms with van der Waals surface area (Å²) in [7, 11) is 0. The number of aromatic nitrogens is 6. The number of carbonyl (C=O) groups is 1. The molecule has 0 bridgehead atoms. The summed E-state index contributed by atoms with van der Waals surface area (Å²) in [6, 6.07) is 5.48. The molecule has 2 aliphatic rings. The highest BCUT2D eigenvalue weighted by molar-refractivity contribution is 5.80. The molecule has 5 heterocycles. The molecule has 0 aromatic carbocycles. The van der Waals surface area contributed by atoms with Crippen LogP contribution in [0.5, 0.6) is 0 Å². The Morgan fingerprint density at radius 2 is 2.22 bits per heavy atom. The third kappa shape index (κ3) is 4.13. The average Bonchev–Trinajstić information content (AvgIpc) is 3.23. The second-order valence-electron chi connectivity index (χ2n) is 9.42. The number of nitrogens with zero attached hydrogens (tertiary/aromatic N) is 5. The predicted octanol–water partition coefficient (Wildman–Crippen LogP) is 3.62. The monoisotopic (exact) mass is 492 g/mol. The molecule has 1 aliphatic heterocycles. The second kappa shape index (κ2) is 8.55. The van der Waals surface area contributed by atoms with Gasteiger partial charge in [0, 0.05) is 47.5 Å². The fourth-order valence-electron chi connectivity index (χ4n) is 4.35. The van der Waals surface area contributed by atoms with Gasteiger partial charge in [0.2, 0.25) is 5.95 Å². The van der Waals surface area contributed by atoms with Gasteiger partial charge in [-0.3, -0.25) is 14.5 Å². The quantitative estimate of drug-likeness (QED) is 0.372. The van der Waals surface area contributed by atoms with E-state index in [1.54, 1.807) is 30.9 Å². The van der Waals surface area contributed by atoms with Crippen LogP contribution in [-0.4, -0.2) is 60.1 Å². The minimum absolute atomic E-state index is 0.0377. The third-order valence-corrected chi connectivity index (χ3v) is 6.57. The molecule has 186 valence electrons. The summed E-state index contributed by atoms with van der Waals surface area (Å²) in [5, 5.41) is 13.0. The number of aryl methyl sites for hydroxylation is 1. The van der Waals surface area contributed by atoms with Crippen molar-refractivity contribution in [2.45, 2.75) is 50.6 Å². The number of nitrogens with one attached hydrogen (secondary N) is 3. The number of halogens is 1. The molecule has 1 saturated heterocycles. The highest BCUT2D eigenvalue weighted by Gasteiger charge is 2.44. The molecule has 6 rings (SSSR count). The SMILES string of the molecule is Cc1nc(Nc2cc([C@@H]3OC[C@H](OC(=O)NC4(C)CC4)[C@H]3F)[nH]n2)n2ccnc2c1-c1cccnc1. The van der Waals surface area contributed by atoms with Crippen molar-refractivity contribution in [1.29, 1.82) is 0 Å². The summed E-state index contributed by atoms with van der Waals surface area (Å²) in [5.41, 5.74) is 3.46. The second-order valence-corrected chi connectivity index (χ2v) is 9.42. The van der Waals surface area contributed by atoms with Gasteiger partial charge in [0.1, 0.15) is 11.8 Å². The Morgan fingerprint density at radius 1 is 1.36 bits per heavy atom. The lowest BCUT2D eigenvalue weighted by Crippen LogP contribution is -2.39. The topological polar surface area (TPSA) is 131 Å². The summed E-state index contributed by atoms with van der Waals surface area (Å²) in [6.45, 7) is 3.79. The first-order chi connectivity index (χ1) is 17.4. The third-order valence-electron chi connectivity index (χ3n) is 6.57. The van der Waals surface area contributed by atoms with Gasteiger partial charge >= 0.3 is 6.09 Å². The fourth-order valence-corrected chi connectivity index (χ4v) is 4.35. The minimum Gasteiger partial charge on any atom is -0.441 e. The van der Waals surface area contributed by atoms with Crippen molar-refractivity contribution >= 4 is 23.5 Å². The summed E-state index contributed by atoms with van der Waals surface area (Å²) in [4.78, 5) is 25.5. The molecule has 12 heteroatoms. The number of anilines is 2. The molecular formula is C24H25FN8O3. The van der Waals surface area contributed by atoms with Crippen molar-refractivity contribution in [3.63, 3.8) is 0 Å².